The number of halogens is 3. The minimum atomic E-state index is -4.71. The predicted octanol–water partition coefficient (Wildman–Crippen LogP) is 2.52. The second-order valence-electron chi connectivity index (χ2n) is 4.74. The minimum Gasteiger partial charge on any atom is -0.406 e. The van der Waals surface area contributed by atoms with Crippen molar-refractivity contribution in [3.63, 3.8) is 0 Å². The van der Waals surface area contributed by atoms with E-state index in [0.29, 0.717) is 18.8 Å². The number of guanidine groups is 1. The van der Waals surface area contributed by atoms with Crippen LogP contribution in [-0.2, 0) is 6.54 Å². The smallest absolute Gasteiger partial charge is 0.406 e. The molecule has 0 aliphatic heterocycles. The third-order valence-corrected chi connectivity index (χ3v) is 2.73. The molecule has 23 heavy (non-hydrogen) atoms. The molecule has 0 spiro atoms. The molecular formula is C14H16F3N5O. The highest BCUT2D eigenvalue weighted by molar-refractivity contribution is 5.92. The van der Waals surface area contributed by atoms with Gasteiger partial charge in [0.2, 0.25) is 0 Å². The highest BCUT2D eigenvalue weighted by Crippen LogP contribution is 2.23. The maximum atomic E-state index is 12.0. The van der Waals surface area contributed by atoms with E-state index in [-0.39, 0.29) is 11.7 Å². The largest absolute Gasteiger partial charge is 0.573 e. The van der Waals surface area contributed by atoms with Crippen LogP contribution in [0.25, 0.3) is 0 Å². The Morgan fingerprint density at radius 3 is 2.61 bits per heavy atom. The number of hydrogen-bond acceptors (Lipinski definition) is 3. The lowest BCUT2D eigenvalue weighted by Crippen LogP contribution is -2.23. The zero-order valence-corrected chi connectivity index (χ0v) is 12.3. The number of ether oxygens (including phenoxy) is 1. The van der Waals surface area contributed by atoms with Crippen molar-refractivity contribution in [1.29, 1.82) is 0 Å². The van der Waals surface area contributed by atoms with Crippen LogP contribution >= 0.6 is 0 Å². The molecule has 0 aliphatic carbocycles. The van der Waals surface area contributed by atoms with Crippen molar-refractivity contribution < 1.29 is 17.9 Å². The number of nitrogens with zero attached hydrogens (tertiary/aromatic N) is 3. The summed E-state index contributed by atoms with van der Waals surface area (Å²) in [5.41, 5.74) is 7.28. The quantitative estimate of drug-likeness (QED) is 0.653. The maximum Gasteiger partial charge on any atom is 0.573 e. The number of alkyl halides is 3. The fourth-order valence-corrected chi connectivity index (χ4v) is 1.79. The third kappa shape index (κ3) is 5.89. The number of nitrogens with two attached hydrogens (primary N) is 1. The summed E-state index contributed by atoms with van der Waals surface area (Å²) in [4.78, 5) is 4.12. The van der Waals surface area contributed by atoms with Crippen LogP contribution < -0.4 is 15.8 Å². The molecule has 0 radical (unpaired) electrons. The molecule has 2 rings (SSSR count). The molecule has 0 fully saturated rings. The van der Waals surface area contributed by atoms with Gasteiger partial charge in [-0.1, -0.05) is 0 Å². The van der Waals surface area contributed by atoms with E-state index < -0.39 is 6.36 Å². The van der Waals surface area contributed by atoms with Gasteiger partial charge < -0.3 is 15.8 Å². The van der Waals surface area contributed by atoms with Gasteiger partial charge in [0.05, 0.1) is 19.3 Å². The Morgan fingerprint density at radius 1 is 1.35 bits per heavy atom. The van der Waals surface area contributed by atoms with Gasteiger partial charge >= 0.3 is 6.36 Å². The molecule has 0 saturated heterocycles. The van der Waals surface area contributed by atoms with E-state index in [4.69, 9.17) is 5.73 Å². The zero-order valence-electron chi connectivity index (χ0n) is 12.3. The highest BCUT2D eigenvalue weighted by Gasteiger charge is 2.30. The normalized spacial score (nSPS) is 12.3. The minimum absolute atomic E-state index is 0.165. The van der Waals surface area contributed by atoms with Gasteiger partial charge in [-0.25, -0.2) is 0 Å². The van der Waals surface area contributed by atoms with Crippen LogP contribution in [0.3, 0.4) is 0 Å². The van der Waals surface area contributed by atoms with Gasteiger partial charge in [0, 0.05) is 11.9 Å². The second kappa shape index (κ2) is 7.03. The molecule has 2 aromatic rings. The lowest BCUT2D eigenvalue weighted by Gasteiger charge is -2.10. The van der Waals surface area contributed by atoms with Crippen molar-refractivity contribution in [3.05, 3.63) is 42.2 Å². The van der Waals surface area contributed by atoms with Crippen molar-refractivity contribution in [2.24, 2.45) is 10.7 Å². The number of hydrogen-bond donors (Lipinski definition) is 2. The van der Waals surface area contributed by atoms with E-state index in [9.17, 15) is 13.2 Å². The number of benzene rings is 1. The lowest BCUT2D eigenvalue weighted by molar-refractivity contribution is -0.274. The maximum absolute atomic E-state index is 12.0. The number of aromatic nitrogens is 2. The Bertz CT molecular complexity index is 664. The first-order chi connectivity index (χ1) is 10.8. The van der Waals surface area contributed by atoms with Crippen molar-refractivity contribution in [2.75, 3.05) is 11.9 Å². The first kappa shape index (κ1) is 16.7. The Balaban J connectivity index is 1.84. The molecule has 1 heterocycles. The van der Waals surface area contributed by atoms with E-state index in [2.05, 4.69) is 20.1 Å². The topological polar surface area (TPSA) is 77.5 Å². The van der Waals surface area contributed by atoms with E-state index in [1.165, 1.54) is 24.3 Å². The molecule has 0 saturated carbocycles. The van der Waals surface area contributed by atoms with Crippen molar-refractivity contribution in [1.82, 2.24) is 9.78 Å². The summed E-state index contributed by atoms with van der Waals surface area (Å²) >= 11 is 0. The SMILES string of the molecule is Cc1cnn(CCN=C(N)Nc2ccc(OC(F)(F)F)cc2)c1. The van der Waals surface area contributed by atoms with Crippen LogP contribution in [0.15, 0.2) is 41.7 Å². The molecule has 0 atom stereocenters. The van der Waals surface area contributed by atoms with Crippen LogP contribution in [0.4, 0.5) is 18.9 Å². The Morgan fingerprint density at radius 2 is 2.04 bits per heavy atom. The molecule has 0 aliphatic rings. The van der Waals surface area contributed by atoms with Crippen LogP contribution in [0.5, 0.6) is 5.75 Å². The monoisotopic (exact) mass is 327 g/mol. The zero-order chi connectivity index (χ0) is 16.9. The third-order valence-electron chi connectivity index (χ3n) is 2.73. The highest BCUT2D eigenvalue weighted by atomic mass is 19.4. The summed E-state index contributed by atoms with van der Waals surface area (Å²) in [6, 6.07) is 5.21. The van der Waals surface area contributed by atoms with Gasteiger partial charge in [0.15, 0.2) is 5.96 Å². The average Bonchev–Trinajstić information content (AvgIpc) is 2.85. The average molecular weight is 327 g/mol. The summed E-state index contributed by atoms with van der Waals surface area (Å²) in [6.07, 6.45) is -1.07. The molecule has 124 valence electrons. The number of rotatable bonds is 5. The molecule has 3 N–H and O–H groups in total. The van der Waals surface area contributed by atoms with Crippen LogP contribution in [-0.4, -0.2) is 28.6 Å². The summed E-state index contributed by atoms with van der Waals surface area (Å²) in [6.45, 7) is 2.94. The number of aliphatic imine (C=N–C) groups is 1. The van der Waals surface area contributed by atoms with Crippen molar-refractivity contribution in [2.45, 2.75) is 19.8 Å². The van der Waals surface area contributed by atoms with E-state index >= 15 is 0 Å². The molecule has 6 nitrogen and oxygen atoms in total. The number of aryl methyl sites for hydroxylation is 1. The van der Waals surface area contributed by atoms with E-state index in [0.717, 1.165) is 5.56 Å². The van der Waals surface area contributed by atoms with Crippen LogP contribution in [0.2, 0.25) is 0 Å². The second-order valence-corrected chi connectivity index (χ2v) is 4.74. The first-order valence-electron chi connectivity index (χ1n) is 6.74. The van der Waals surface area contributed by atoms with E-state index in [1.807, 2.05) is 13.1 Å². The van der Waals surface area contributed by atoms with Gasteiger partial charge in [0.1, 0.15) is 5.75 Å². The van der Waals surface area contributed by atoms with Gasteiger partial charge in [-0.2, -0.15) is 5.10 Å². The first-order valence-corrected chi connectivity index (χ1v) is 6.74. The van der Waals surface area contributed by atoms with Gasteiger partial charge in [-0.15, -0.1) is 13.2 Å². The number of nitrogens with one attached hydrogen (secondary N) is 1. The Labute approximate surface area is 130 Å². The van der Waals surface area contributed by atoms with Gasteiger partial charge in [-0.3, -0.25) is 9.67 Å². The van der Waals surface area contributed by atoms with E-state index in [1.54, 1.807) is 10.9 Å². The standard InChI is InChI=1S/C14H16F3N5O/c1-10-8-20-22(9-10)7-6-19-13(18)21-11-2-4-12(5-3-11)23-14(15,16)17/h2-5,8-9H,6-7H2,1H3,(H3,18,19,21). The summed E-state index contributed by atoms with van der Waals surface area (Å²) < 4.78 is 41.7. The number of anilines is 1. The fourth-order valence-electron chi connectivity index (χ4n) is 1.79. The van der Waals surface area contributed by atoms with Gasteiger partial charge in [-0.05, 0) is 36.8 Å². The fraction of sp³-hybridized carbons (Fsp3) is 0.286. The molecule has 1 aromatic carbocycles. The predicted molar refractivity (Wildman–Crippen MR) is 80.2 cm³/mol. The van der Waals surface area contributed by atoms with Crippen molar-refractivity contribution in [3.8, 4) is 5.75 Å². The summed E-state index contributed by atoms with van der Waals surface area (Å²) in [5.74, 6) is -0.133. The molecule has 9 heteroatoms. The Hall–Kier alpha value is -2.71. The molecule has 0 amide bonds. The molecule has 0 unspecified atom stereocenters. The summed E-state index contributed by atoms with van der Waals surface area (Å²) in [7, 11) is 0. The molecule has 1 aromatic heterocycles. The van der Waals surface area contributed by atoms with Crippen molar-refractivity contribution >= 4 is 11.6 Å². The molecule has 0 bridgehead atoms. The lowest BCUT2D eigenvalue weighted by atomic mass is 10.3. The van der Waals surface area contributed by atoms with Gasteiger partial charge in [0.25, 0.3) is 0 Å². The summed E-state index contributed by atoms with van der Waals surface area (Å²) in [5, 5.41) is 6.90. The van der Waals surface area contributed by atoms with Crippen LogP contribution in [0.1, 0.15) is 5.56 Å². The molecular weight excluding hydrogens is 311 g/mol. The Kier molecular flexibility index (Phi) is 5.09. The van der Waals surface area contributed by atoms with Crippen LogP contribution in [0, 0.1) is 6.92 Å².